The molecule has 0 heterocycles. The molecule has 1 heteroatoms. The van der Waals surface area contributed by atoms with Crippen molar-refractivity contribution in [2.75, 3.05) is 4.90 Å². The van der Waals surface area contributed by atoms with E-state index >= 15 is 0 Å². The standard InChI is InChI=1S/C57H43N/c1-55(2)46-23-11-9-20-41(46)43-31-29-37(34-52(43)55)58(54-33-36-17-5-6-18-39(36)40-19-7-8-22-45(40)54)38-30-32-44-42-21-10-12-24-47(42)57(53(44)35-38)50-27-15-13-25-48(50)56(3,4)49-26-14-16-28-51(49)57/h5-35H,1-4H3. The maximum absolute atomic E-state index is 2.55. The number of nitrogens with zero attached hydrogens (tertiary/aromatic N) is 1. The second-order valence-corrected chi connectivity index (χ2v) is 17.6. The van der Waals surface area contributed by atoms with Gasteiger partial charge in [0.2, 0.25) is 0 Å². The first-order valence-corrected chi connectivity index (χ1v) is 20.7. The second kappa shape index (κ2) is 11.7. The molecule has 0 bridgehead atoms. The van der Waals surface area contributed by atoms with E-state index in [2.05, 4.69) is 221 Å². The minimum absolute atomic E-state index is 0.134. The van der Waals surface area contributed by atoms with Crippen LogP contribution in [0.3, 0.4) is 0 Å². The van der Waals surface area contributed by atoms with Crippen molar-refractivity contribution < 1.29 is 0 Å². The van der Waals surface area contributed by atoms with Gasteiger partial charge in [0.15, 0.2) is 0 Å². The highest BCUT2D eigenvalue weighted by atomic mass is 15.1. The summed E-state index contributed by atoms with van der Waals surface area (Å²) in [7, 11) is 0. The largest absolute Gasteiger partial charge is 0.310 e. The van der Waals surface area contributed by atoms with Gasteiger partial charge >= 0.3 is 0 Å². The van der Waals surface area contributed by atoms with Crippen molar-refractivity contribution in [3.05, 3.63) is 233 Å². The van der Waals surface area contributed by atoms with Crippen LogP contribution in [0, 0.1) is 0 Å². The van der Waals surface area contributed by atoms with Crippen LogP contribution in [0.1, 0.15) is 72.2 Å². The van der Waals surface area contributed by atoms with E-state index in [-0.39, 0.29) is 10.8 Å². The molecule has 0 radical (unpaired) electrons. The fourth-order valence-corrected chi connectivity index (χ4v) is 11.5. The fourth-order valence-electron chi connectivity index (χ4n) is 11.5. The van der Waals surface area contributed by atoms with E-state index in [0.29, 0.717) is 0 Å². The first-order chi connectivity index (χ1) is 28.3. The normalized spacial score (nSPS) is 15.7. The summed E-state index contributed by atoms with van der Waals surface area (Å²) in [6.07, 6.45) is 0. The summed E-state index contributed by atoms with van der Waals surface area (Å²) in [5, 5.41) is 5.00. The summed E-state index contributed by atoms with van der Waals surface area (Å²) in [6.45, 7) is 9.56. The molecule has 0 saturated heterocycles. The summed E-state index contributed by atoms with van der Waals surface area (Å²) in [4.78, 5) is 2.55. The van der Waals surface area contributed by atoms with Crippen LogP contribution in [0.4, 0.5) is 17.1 Å². The lowest BCUT2D eigenvalue weighted by atomic mass is 9.55. The van der Waals surface area contributed by atoms with Gasteiger partial charge in [0.1, 0.15) is 0 Å². The molecule has 3 aliphatic rings. The molecule has 276 valence electrons. The second-order valence-electron chi connectivity index (χ2n) is 17.6. The van der Waals surface area contributed by atoms with E-state index in [1.165, 1.54) is 94.0 Å². The summed E-state index contributed by atoms with van der Waals surface area (Å²) in [5.41, 5.74) is 19.0. The first kappa shape index (κ1) is 33.4. The Bertz CT molecular complexity index is 3150. The van der Waals surface area contributed by atoms with E-state index in [1.807, 2.05) is 0 Å². The third-order valence-corrected chi connectivity index (χ3v) is 14.1. The zero-order chi connectivity index (χ0) is 39.0. The number of hydrogen-bond acceptors (Lipinski definition) is 1. The summed E-state index contributed by atoms with van der Waals surface area (Å²) in [5.74, 6) is 0. The fraction of sp³-hybridized carbons (Fsp3) is 0.123. The van der Waals surface area contributed by atoms with Crippen LogP contribution in [0.2, 0.25) is 0 Å². The van der Waals surface area contributed by atoms with E-state index in [4.69, 9.17) is 0 Å². The predicted molar refractivity (Wildman–Crippen MR) is 243 cm³/mol. The predicted octanol–water partition coefficient (Wildman–Crippen LogP) is 14.8. The van der Waals surface area contributed by atoms with Gasteiger partial charge in [-0.25, -0.2) is 0 Å². The van der Waals surface area contributed by atoms with E-state index < -0.39 is 5.41 Å². The molecule has 12 rings (SSSR count). The Kier molecular flexibility index (Phi) is 6.74. The van der Waals surface area contributed by atoms with E-state index in [1.54, 1.807) is 0 Å². The number of fused-ring (bicyclic) bond motifs is 15. The molecule has 58 heavy (non-hydrogen) atoms. The molecule has 9 aromatic carbocycles. The molecule has 3 aliphatic carbocycles. The van der Waals surface area contributed by atoms with Crippen LogP contribution in [-0.4, -0.2) is 0 Å². The molecule has 0 aromatic heterocycles. The van der Waals surface area contributed by atoms with Crippen molar-refractivity contribution >= 4 is 38.6 Å². The molecule has 0 aliphatic heterocycles. The average molecular weight is 742 g/mol. The zero-order valence-corrected chi connectivity index (χ0v) is 33.3. The molecule has 1 nitrogen and oxygen atoms in total. The lowest BCUT2D eigenvalue weighted by Gasteiger charge is -2.46. The van der Waals surface area contributed by atoms with Crippen LogP contribution in [-0.2, 0) is 16.2 Å². The third kappa shape index (κ3) is 4.21. The van der Waals surface area contributed by atoms with Crippen molar-refractivity contribution in [2.24, 2.45) is 0 Å². The van der Waals surface area contributed by atoms with Gasteiger partial charge in [-0.1, -0.05) is 185 Å². The number of hydrogen-bond donors (Lipinski definition) is 0. The Labute approximate surface area is 340 Å². The van der Waals surface area contributed by atoms with Crippen LogP contribution in [0.15, 0.2) is 188 Å². The molecule has 0 atom stereocenters. The van der Waals surface area contributed by atoms with Gasteiger partial charge in [0, 0.05) is 27.6 Å². The van der Waals surface area contributed by atoms with Crippen LogP contribution < -0.4 is 4.90 Å². The molecule has 0 saturated carbocycles. The number of benzene rings is 9. The average Bonchev–Trinajstić information content (AvgIpc) is 3.68. The summed E-state index contributed by atoms with van der Waals surface area (Å²) < 4.78 is 0. The van der Waals surface area contributed by atoms with Crippen molar-refractivity contribution in [2.45, 2.75) is 43.9 Å². The molecule has 0 unspecified atom stereocenters. The van der Waals surface area contributed by atoms with Gasteiger partial charge in [-0.3, -0.25) is 0 Å². The molecule has 0 fully saturated rings. The monoisotopic (exact) mass is 741 g/mol. The lowest BCUT2D eigenvalue weighted by molar-refractivity contribution is 0.563. The number of anilines is 3. The van der Waals surface area contributed by atoms with Crippen LogP contribution >= 0.6 is 0 Å². The van der Waals surface area contributed by atoms with E-state index in [9.17, 15) is 0 Å². The number of rotatable bonds is 3. The first-order valence-electron chi connectivity index (χ1n) is 20.7. The van der Waals surface area contributed by atoms with Gasteiger partial charge in [-0.05, 0) is 113 Å². The summed E-state index contributed by atoms with van der Waals surface area (Å²) in [6, 6.07) is 71.3. The van der Waals surface area contributed by atoms with Gasteiger partial charge < -0.3 is 4.90 Å². The maximum Gasteiger partial charge on any atom is 0.0720 e. The lowest BCUT2D eigenvalue weighted by Crippen LogP contribution is -2.40. The van der Waals surface area contributed by atoms with Gasteiger partial charge in [-0.15, -0.1) is 0 Å². The van der Waals surface area contributed by atoms with Gasteiger partial charge in [-0.2, -0.15) is 0 Å². The Morgan fingerprint density at radius 2 is 0.741 bits per heavy atom. The smallest absolute Gasteiger partial charge is 0.0720 e. The van der Waals surface area contributed by atoms with Crippen LogP contribution in [0.25, 0.3) is 43.8 Å². The van der Waals surface area contributed by atoms with Crippen molar-refractivity contribution in [1.82, 2.24) is 0 Å². The molecular formula is C57H43N. The Morgan fingerprint density at radius 1 is 0.310 bits per heavy atom. The molecule has 0 amide bonds. The topological polar surface area (TPSA) is 3.24 Å². The molecule has 9 aromatic rings. The van der Waals surface area contributed by atoms with Crippen LogP contribution in [0.5, 0.6) is 0 Å². The van der Waals surface area contributed by atoms with Crippen molar-refractivity contribution in [1.29, 1.82) is 0 Å². The SMILES string of the molecule is CC1(C)c2ccccc2-c2ccc(N(c3ccc4c(c3)C3(c5ccccc5-4)c4ccccc4C(C)(C)c4ccccc43)c3cc4ccccc4c4ccccc34)cc21. The Morgan fingerprint density at radius 3 is 1.40 bits per heavy atom. The van der Waals surface area contributed by atoms with Gasteiger partial charge in [0.05, 0.1) is 11.1 Å². The quantitative estimate of drug-likeness (QED) is 0.163. The molecule has 1 spiro atoms. The minimum Gasteiger partial charge on any atom is -0.310 e. The molecule has 0 N–H and O–H groups in total. The van der Waals surface area contributed by atoms with Gasteiger partial charge in [0.25, 0.3) is 0 Å². The van der Waals surface area contributed by atoms with Crippen molar-refractivity contribution in [3.8, 4) is 22.3 Å². The molecular weight excluding hydrogens is 699 g/mol. The highest BCUT2D eigenvalue weighted by Crippen LogP contribution is 2.63. The minimum atomic E-state index is -0.483. The third-order valence-electron chi connectivity index (χ3n) is 14.1. The zero-order valence-electron chi connectivity index (χ0n) is 33.3. The summed E-state index contributed by atoms with van der Waals surface area (Å²) >= 11 is 0. The highest BCUT2D eigenvalue weighted by molar-refractivity contribution is 6.14. The Balaban J connectivity index is 1.18. The maximum atomic E-state index is 2.55. The van der Waals surface area contributed by atoms with E-state index in [0.717, 1.165) is 11.4 Å². The highest BCUT2D eigenvalue weighted by Gasteiger charge is 2.53. The Hall–Kier alpha value is -6.70. The van der Waals surface area contributed by atoms with Crippen molar-refractivity contribution in [3.63, 3.8) is 0 Å².